The zero-order valence-electron chi connectivity index (χ0n) is 17.7. The van der Waals surface area contributed by atoms with Crippen molar-refractivity contribution in [2.24, 2.45) is 0 Å². The molecule has 5 heteroatoms. The van der Waals surface area contributed by atoms with Gasteiger partial charge in [0.15, 0.2) is 11.5 Å². The van der Waals surface area contributed by atoms with E-state index in [0.717, 1.165) is 29.8 Å². The van der Waals surface area contributed by atoms with Crippen LogP contribution in [0.15, 0.2) is 66.7 Å². The van der Waals surface area contributed by atoms with Crippen molar-refractivity contribution >= 4 is 6.08 Å². The fourth-order valence-electron chi connectivity index (χ4n) is 3.75. The summed E-state index contributed by atoms with van der Waals surface area (Å²) in [5.74, 6) is 1.61. The van der Waals surface area contributed by atoms with Gasteiger partial charge in [0, 0.05) is 18.2 Å². The van der Waals surface area contributed by atoms with E-state index in [-0.39, 0.29) is 11.9 Å². The van der Waals surface area contributed by atoms with Gasteiger partial charge < -0.3 is 19.5 Å². The molecule has 1 unspecified atom stereocenters. The Hall–Kier alpha value is -3.31. The normalized spacial score (nSPS) is 15.5. The maximum atomic E-state index is 14.3. The van der Waals surface area contributed by atoms with Crippen molar-refractivity contribution in [1.82, 2.24) is 5.32 Å². The van der Waals surface area contributed by atoms with Gasteiger partial charge in [-0.1, -0.05) is 42.5 Å². The lowest BCUT2D eigenvalue weighted by atomic mass is 9.93. The number of hydrogen-bond acceptors (Lipinski definition) is 4. The summed E-state index contributed by atoms with van der Waals surface area (Å²) in [6.45, 7) is 1.31. The van der Waals surface area contributed by atoms with E-state index < -0.39 is 0 Å². The van der Waals surface area contributed by atoms with E-state index in [0.29, 0.717) is 23.7 Å². The van der Waals surface area contributed by atoms with Crippen LogP contribution in [-0.4, -0.2) is 20.8 Å². The van der Waals surface area contributed by atoms with Crippen LogP contribution in [0.25, 0.3) is 6.08 Å². The highest BCUT2D eigenvalue weighted by atomic mass is 19.1. The van der Waals surface area contributed by atoms with Crippen molar-refractivity contribution in [2.75, 3.05) is 20.8 Å². The molecule has 1 aliphatic rings. The molecule has 0 bridgehead atoms. The van der Waals surface area contributed by atoms with Crippen LogP contribution in [0.2, 0.25) is 0 Å². The van der Waals surface area contributed by atoms with Crippen molar-refractivity contribution < 1.29 is 18.6 Å². The molecule has 3 aromatic carbocycles. The van der Waals surface area contributed by atoms with Crippen molar-refractivity contribution in [3.63, 3.8) is 0 Å². The summed E-state index contributed by atoms with van der Waals surface area (Å²) in [7, 11) is 3.17. The molecule has 0 saturated heterocycles. The van der Waals surface area contributed by atoms with Crippen molar-refractivity contribution in [3.8, 4) is 17.2 Å². The van der Waals surface area contributed by atoms with Gasteiger partial charge in [-0.15, -0.1) is 0 Å². The third-order valence-corrected chi connectivity index (χ3v) is 5.43. The number of ether oxygens (including phenoxy) is 3. The second kappa shape index (κ2) is 9.67. The zero-order valence-corrected chi connectivity index (χ0v) is 17.7. The molecule has 4 nitrogen and oxygen atoms in total. The Morgan fingerprint density at radius 1 is 1.00 bits per heavy atom. The van der Waals surface area contributed by atoms with Crippen LogP contribution in [0.3, 0.4) is 0 Å². The Labute approximate surface area is 182 Å². The van der Waals surface area contributed by atoms with Crippen LogP contribution in [0.5, 0.6) is 17.2 Å². The molecule has 0 saturated carbocycles. The first-order valence-corrected chi connectivity index (χ1v) is 10.3. The SMILES string of the molecule is COc1ccc(C=CC2NCCc3cc(OCc4ccccc4)c(OC)cc32)c(F)c1. The summed E-state index contributed by atoms with van der Waals surface area (Å²) in [5.41, 5.74) is 3.93. The molecule has 160 valence electrons. The monoisotopic (exact) mass is 419 g/mol. The highest BCUT2D eigenvalue weighted by Gasteiger charge is 2.21. The molecular weight excluding hydrogens is 393 g/mol. The quantitative estimate of drug-likeness (QED) is 0.563. The Kier molecular flexibility index (Phi) is 6.53. The smallest absolute Gasteiger partial charge is 0.161 e. The van der Waals surface area contributed by atoms with E-state index in [1.165, 1.54) is 18.7 Å². The van der Waals surface area contributed by atoms with E-state index in [9.17, 15) is 4.39 Å². The van der Waals surface area contributed by atoms with Gasteiger partial charge in [-0.05, 0) is 47.4 Å². The lowest BCUT2D eigenvalue weighted by Crippen LogP contribution is -2.28. The van der Waals surface area contributed by atoms with Crippen molar-refractivity contribution in [1.29, 1.82) is 0 Å². The highest BCUT2D eigenvalue weighted by Crippen LogP contribution is 2.36. The Morgan fingerprint density at radius 3 is 2.58 bits per heavy atom. The molecule has 31 heavy (non-hydrogen) atoms. The summed E-state index contributed by atoms with van der Waals surface area (Å²) in [4.78, 5) is 0. The van der Waals surface area contributed by atoms with E-state index in [2.05, 4.69) is 11.4 Å². The summed E-state index contributed by atoms with van der Waals surface area (Å²) in [6.07, 6.45) is 4.67. The van der Waals surface area contributed by atoms with Gasteiger partial charge in [-0.2, -0.15) is 0 Å². The predicted octanol–water partition coefficient (Wildman–Crippen LogP) is 5.32. The second-order valence-corrected chi connectivity index (χ2v) is 7.40. The second-order valence-electron chi connectivity index (χ2n) is 7.40. The molecular formula is C26H26FNO3. The molecule has 0 spiro atoms. The molecule has 3 aromatic rings. The van der Waals surface area contributed by atoms with Crippen LogP contribution < -0.4 is 19.5 Å². The molecule has 1 aliphatic heterocycles. The van der Waals surface area contributed by atoms with Crippen LogP contribution >= 0.6 is 0 Å². The minimum atomic E-state index is -0.311. The summed E-state index contributed by atoms with van der Waals surface area (Å²) < 4.78 is 31.0. The lowest BCUT2D eigenvalue weighted by Gasteiger charge is -2.26. The van der Waals surface area contributed by atoms with E-state index in [4.69, 9.17) is 14.2 Å². The molecule has 1 N–H and O–H groups in total. The van der Waals surface area contributed by atoms with Gasteiger partial charge in [-0.3, -0.25) is 0 Å². The lowest BCUT2D eigenvalue weighted by molar-refractivity contribution is 0.283. The topological polar surface area (TPSA) is 39.7 Å². The summed E-state index contributed by atoms with van der Waals surface area (Å²) in [5, 5.41) is 3.49. The number of halogens is 1. The molecule has 0 aliphatic carbocycles. The number of rotatable bonds is 7. The fourth-order valence-corrected chi connectivity index (χ4v) is 3.75. The van der Waals surface area contributed by atoms with Gasteiger partial charge in [0.2, 0.25) is 0 Å². The van der Waals surface area contributed by atoms with Crippen LogP contribution in [-0.2, 0) is 13.0 Å². The largest absolute Gasteiger partial charge is 0.497 e. The van der Waals surface area contributed by atoms with Gasteiger partial charge in [0.1, 0.15) is 18.2 Å². The Morgan fingerprint density at radius 2 is 1.84 bits per heavy atom. The van der Waals surface area contributed by atoms with Crippen LogP contribution in [0.4, 0.5) is 4.39 Å². The van der Waals surface area contributed by atoms with E-state index in [1.54, 1.807) is 25.3 Å². The average Bonchev–Trinajstić information content (AvgIpc) is 2.81. The van der Waals surface area contributed by atoms with Gasteiger partial charge in [0.05, 0.1) is 20.3 Å². The standard InChI is InChI=1S/C26H26FNO3/c1-29-21-10-8-19(23(27)15-21)9-11-24-22-16-25(30-2)26(14-20(22)12-13-28-24)31-17-18-6-4-3-5-7-18/h3-11,14-16,24,28H,12-13,17H2,1-2H3. The number of nitrogens with one attached hydrogen (secondary N) is 1. The summed E-state index contributed by atoms with van der Waals surface area (Å²) >= 11 is 0. The number of fused-ring (bicyclic) bond motifs is 1. The van der Waals surface area contributed by atoms with Crippen LogP contribution in [0, 0.1) is 5.82 Å². The van der Waals surface area contributed by atoms with Gasteiger partial charge in [0.25, 0.3) is 0 Å². The van der Waals surface area contributed by atoms with E-state index >= 15 is 0 Å². The number of methoxy groups -OCH3 is 2. The van der Waals surface area contributed by atoms with Gasteiger partial charge >= 0.3 is 0 Å². The maximum absolute atomic E-state index is 14.3. The Balaban J connectivity index is 1.56. The maximum Gasteiger partial charge on any atom is 0.161 e. The highest BCUT2D eigenvalue weighted by molar-refractivity contribution is 5.55. The van der Waals surface area contributed by atoms with Crippen molar-refractivity contribution in [2.45, 2.75) is 19.1 Å². The minimum Gasteiger partial charge on any atom is -0.497 e. The Bertz CT molecular complexity index is 1070. The van der Waals surface area contributed by atoms with Crippen molar-refractivity contribution in [3.05, 3.63) is 94.8 Å². The third-order valence-electron chi connectivity index (χ3n) is 5.43. The van der Waals surface area contributed by atoms with Crippen LogP contribution in [0.1, 0.15) is 28.3 Å². The first-order chi connectivity index (χ1) is 15.2. The third kappa shape index (κ3) is 4.89. The first kappa shape index (κ1) is 20.9. The number of hydrogen-bond donors (Lipinski definition) is 1. The molecule has 0 fully saturated rings. The molecule has 0 amide bonds. The van der Waals surface area contributed by atoms with E-state index in [1.807, 2.05) is 42.5 Å². The molecule has 1 atom stereocenters. The first-order valence-electron chi connectivity index (χ1n) is 10.3. The number of benzene rings is 3. The fraction of sp³-hybridized carbons (Fsp3) is 0.231. The van der Waals surface area contributed by atoms with Gasteiger partial charge in [-0.25, -0.2) is 4.39 Å². The zero-order chi connectivity index (χ0) is 21.6. The summed E-state index contributed by atoms with van der Waals surface area (Å²) in [6, 6.07) is 19.0. The molecule has 1 heterocycles. The molecule has 0 radical (unpaired) electrons. The predicted molar refractivity (Wildman–Crippen MR) is 120 cm³/mol. The average molecular weight is 419 g/mol. The minimum absolute atomic E-state index is 0.0395. The molecule has 4 rings (SSSR count). The molecule has 0 aromatic heterocycles.